The number of phenols is 3. The maximum absolute atomic E-state index is 13.7. The molecule has 44 heavy (non-hydrogen) atoms. The zero-order valence-electron chi connectivity index (χ0n) is 23.3. The molecule has 0 amide bonds. The quantitative estimate of drug-likeness (QED) is 0.147. The summed E-state index contributed by atoms with van der Waals surface area (Å²) in [7, 11) is 1.32. The van der Waals surface area contributed by atoms with Gasteiger partial charge in [-0.1, -0.05) is 0 Å². The molecule has 2 aromatic carbocycles. The summed E-state index contributed by atoms with van der Waals surface area (Å²) in [5, 5.41) is 92.2. The van der Waals surface area contributed by atoms with Gasteiger partial charge in [-0.25, -0.2) is 0 Å². The van der Waals surface area contributed by atoms with Gasteiger partial charge in [-0.15, -0.1) is 0 Å². The average Bonchev–Trinajstić information content (AvgIpc) is 2.98. The Morgan fingerprint density at radius 3 is 2.14 bits per heavy atom. The van der Waals surface area contributed by atoms with Crippen LogP contribution in [0, 0.1) is 0 Å². The minimum absolute atomic E-state index is 0.0303. The molecule has 2 aliphatic heterocycles. The predicted octanol–water partition coefficient (Wildman–Crippen LogP) is -1.38. The first-order valence-corrected chi connectivity index (χ1v) is 13.4. The van der Waals surface area contributed by atoms with E-state index in [9.17, 15) is 50.8 Å². The van der Waals surface area contributed by atoms with Crippen molar-refractivity contribution in [3.8, 4) is 40.1 Å². The number of aliphatic hydroxyl groups is 6. The third-order valence-corrected chi connectivity index (χ3v) is 7.44. The second-order valence-electron chi connectivity index (χ2n) is 10.5. The van der Waals surface area contributed by atoms with Gasteiger partial charge in [-0.3, -0.25) is 4.79 Å². The Balaban J connectivity index is 1.49. The van der Waals surface area contributed by atoms with Crippen molar-refractivity contribution in [2.45, 2.75) is 68.3 Å². The molecule has 10 atom stereocenters. The molecule has 240 valence electrons. The van der Waals surface area contributed by atoms with E-state index in [1.54, 1.807) is 0 Å². The van der Waals surface area contributed by atoms with Gasteiger partial charge in [0.25, 0.3) is 0 Å². The number of rotatable bonds is 7. The smallest absolute Gasteiger partial charge is 0.239 e. The highest BCUT2D eigenvalue weighted by molar-refractivity contribution is 5.88. The van der Waals surface area contributed by atoms with E-state index in [1.165, 1.54) is 32.2 Å². The van der Waals surface area contributed by atoms with Crippen molar-refractivity contribution in [1.29, 1.82) is 0 Å². The van der Waals surface area contributed by atoms with Gasteiger partial charge >= 0.3 is 0 Å². The number of hydrogen-bond donors (Lipinski definition) is 9. The van der Waals surface area contributed by atoms with Crippen molar-refractivity contribution in [3.63, 3.8) is 0 Å². The summed E-state index contributed by atoms with van der Waals surface area (Å²) in [6.07, 6.45) is -16.1. The Morgan fingerprint density at radius 2 is 1.43 bits per heavy atom. The van der Waals surface area contributed by atoms with Gasteiger partial charge in [-0.2, -0.15) is 0 Å². The molecule has 2 fully saturated rings. The number of fused-ring (bicyclic) bond motifs is 1. The van der Waals surface area contributed by atoms with Crippen LogP contribution in [0.3, 0.4) is 0 Å². The minimum atomic E-state index is -1.95. The minimum Gasteiger partial charge on any atom is -0.508 e. The van der Waals surface area contributed by atoms with Crippen molar-refractivity contribution >= 4 is 11.0 Å². The van der Waals surface area contributed by atoms with Crippen LogP contribution in [0.1, 0.15) is 6.92 Å². The van der Waals surface area contributed by atoms with Gasteiger partial charge in [0.1, 0.15) is 76.7 Å². The molecule has 2 saturated heterocycles. The highest BCUT2D eigenvalue weighted by Gasteiger charge is 2.47. The number of phenolic OH excluding ortho intramolecular Hbond substituents is 3. The molecule has 0 radical (unpaired) electrons. The van der Waals surface area contributed by atoms with E-state index in [0.29, 0.717) is 0 Å². The third kappa shape index (κ3) is 5.86. The fourth-order valence-corrected chi connectivity index (χ4v) is 5.01. The van der Waals surface area contributed by atoms with E-state index >= 15 is 0 Å². The summed E-state index contributed by atoms with van der Waals surface area (Å²) in [5.41, 5.74) is -1.23. The van der Waals surface area contributed by atoms with Crippen LogP contribution in [0.4, 0.5) is 0 Å². The van der Waals surface area contributed by atoms with Crippen LogP contribution in [0.25, 0.3) is 22.3 Å². The average molecular weight is 625 g/mol. The monoisotopic (exact) mass is 624 g/mol. The summed E-state index contributed by atoms with van der Waals surface area (Å²) in [6.45, 7) is 0.838. The normalized spacial score (nSPS) is 32.5. The van der Waals surface area contributed by atoms with Crippen molar-refractivity contribution in [1.82, 2.24) is 0 Å². The number of aliphatic hydroxyl groups excluding tert-OH is 6. The molecule has 16 nitrogen and oxygen atoms in total. The molecule has 0 aliphatic carbocycles. The van der Waals surface area contributed by atoms with Gasteiger partial charge in [0.05, 0.1) is 19.8 Å². The van der Waals surface area contributed by atoms with E-state index in [0.717, 1.165) is 12.1 Å². The number of aromatic hydroxyl groups is 3. The molecule has 9 N–H and O–H groups in total. The van der Waals surface area contributed by atoms with Crippen molar-refractivity contribution in [3.05, 3.63) is 40.6 Å². The number of ether oxygens (including phenoxy) is 5. The molecule has 3 heterocycles. The van der Waals surface area contributed by atoms with Gasteiger partial charge in [-0.05, 0) is 19.1 Å². The first-order valence-electron chi connectivity index (χ1n) is 13.4. The lowest BCUT2D eigenvalue weighted by Gasteiger charge is -2.42. The first kappa shape index (κ1) is 31.7. The molecule has 0 saturated carbocycles. The van der Waals surface area contributed by atoms with E-state index in [-0.39, 0.29) is 28.4 Å². The lowest BCUT2D eigenvalue weighted by atomic mass is 9.98. The van der Waals surface area contributed by atoms with Crippen molar-refractivity contribution in [2.75, 3.05) is 13.7 Å². The summed E-state index contributed by atoms with van der Waals surface area (Å²) in [6, 6.07) is 5.77. The number of benzene rings is 2. The largest absolute Gasteiger partial charge is 0.508 e. The van der Waals surface area contributed by atoms with Crippen LogP contribution in [-0.4, -0.2) is 121 Å². The van der Waals surface area contributed by atoms with E-state index in [2.05, 4.69) is 0 Å². The predicted molar refractivity (Wildman–Crippen MR) is 145 cm³/mol. The molecule has 16 heteroatoms. The Bertz CT molecular complexity index is 1560. The summed E-state index contributed by atoms with van der Waals surface area (Å²) in [4.78, 5) is 13.7. The summed E-state index contributed by atoms with van der Waals surface area (Å²) in [5.74, 6) is -2.26. The zero-order chi connectivity index (χ0) is 32.0. The molecular weight excluding hydrogens is 592 g/mol. The maximum Gasteiger partial charge on any atom is 0.239 e. The van der Waals surface area contributed by atoms with Crippen LogP contribution in [0.5, 0.6) is 28.7 Å². The van der Waals surface area contributed by atoms with Crippen LogP contribution in [-0.2, 0) is 14.2 Å². The topological polar surface area (TPSA) is 258 Å². The van der Waals surface area contributed by atoms with Crippen molar-refractivity contribution in [2.24, 2.45) is 0 Å². The molecule has 1 aromatic heterocycles. The Morgan fingerprint density at radius 1 is 0.773 bits per heavy atom. The van der Waals surface area contributed by atoms with Gasteiger partial charge in [0.2, 0.25) is 17.5 Å². The fraction of sp³-hybridized carbons (Fsp3) is 0.464. The van der Waals surface area contributed by atoms with E-state index in [4.69, 9.17) is 28.1 Å². The van der Waals surface area contributed by atoms with Gasteiger partial charge in [0, 0.05) is 23.8 Å². The standard InChI is InChI=1S/C28H32O16/c1-9-18(32)21(35)23(37)27(41-9)40-8-16-19(33)22(36)24(38)28(43-16)44-26-20(34)17-14(31)6-12(30)7-15(17)42-25(26)10-3-11(29)5-13(4-10)39-2/h3-7,9,16,18-19,21-24,27-33,35-38H,8H2,1-2H3/t9-,16+,18+,19+,21-,22-,23-,24-,27+,28-/m1/s1. The Kier molecular flexibility index (Phi) is 8.90. The lowest BCUT2D eigenvalue weighted by Crippen LogP contribution is -2.61. The highest BCUT2D eigenvalue weighted by atomic mass is 16.7. The third-order valence-electron chi connectivity index (χ3n) is 7.44. The molecule has 5 rings (SSSR count). The summed E-state index contributed by atoms with van der Waals surface area (Å²) >= 11 is 0. The molecule has 3 aromatic rings. The van der Waals surface area contributed by atoms with E-state index in [1.807, 2.05) is 0 Å². The summed E-state index contributed by atoms with van der Waals surface area (Å²) < 4.78 is 33.2. The number of methoxy groups -OCH3 is 1. The fourth-order valence-electron chi connectivity index (χ4n) is 5.01. The Labute approximate surface area is 248 Å². The van der Waals surface area contributed by atoms with Crippen LogP contribution < -0.4 is 14.9 Å². The SMILES string of the molecule is COc1cc(O)cc(-c2oc3cc(O)cc(O)c3c(=O)c2O[C@H]2O[C@@H](CO[C@H]3O[C@H](C)[C@H](O)[C@@H](O)[C@H]3O)[C@H](O)[C@@H](O)[C@H]2O)c1. The van der Waals surface area contributed by atoms with Gasteiger partial charge < -0.3 is 74.1 Å². The molecule has 0 unspecified atom stereocenters. The molecule has 2 aliphatic rings. The maximum atomic E-state index is 13.7. The van der Waals surface area contributed by atoms with Gasteiger partial charge in [0.15, 0.2) is 12.1 Å². The molecule has 0 spiro atoms. The second-order valence-corrected chi connectivity index (χ2v) is 10.5. The Hall–Kier alpha value is -3.71. The first-order chi connectivity index (χ1) is 20.8. The zero-order valence-corrected chi connectivity index (χ0v) is 23.3. The number of hydrogen-bond acceptors (Lipinski definition) is 16. The van der Waals surface area contributed by atoms with E-state index < -0.39 is 96.1 Å². The molecular formula is C28H32O16. The second kappa shape index (κ2) is 12.4. The van der Waals surface area contributed by atoms with Crippen LogP contribution in [0.15, 0.2) is 39.5 Å². The lowest BCUT2D eigenvalue weighted by molar-refractivity contribution is -0.318. The van der Waals surface area contributed by atoms with Crippen molar-refractivity contribution < 1.29 is 74.1 Å². The van der Waals surface area contributed by atoms with Crippen LogP contribution in [0.2, 0.25) is 0 Å². The molecule has 0 bridgehead atoms. The van der Waals surface area contributed by atoms with Crippen LogP contribution >= 0.6 is 0 Å². The highest BCUT2D eigenvalue weighted by Crippen LogP contribution is 2.39.